The minimum Gasteiger partial charge on any atom is -0.362 e. The van der Waals surface area contributed by atoms with Crippen LogP contribution < -0.4 is 10.6 Å². The SMILES string of the molecule is Cc1c(Cl)cccc1NC(=O)c1cnn2c1N[C@@H](c1cccs1)C[C@@H]2C(F)(F)F. The molecule has 5 nitrogen and oxygen atoms in total. The molecule has 0 bridgehead atoms. The fourth-order valence-electron chi connectivity index (χ4n) is 3.34. The Morgan fingerprint density at radius 3 is 2.83 bits per heavy atom. The Hall–Kier alpha value is -2.52. The molecule has 3 heterocycles. The van der Waals surface area contributed by atoms with E-state index in [1.807, 2.05) is 0 Å². The van der Waals surface area contributed by atoms with Crippen molar-refractivity contribution in [2.24, 2.45) is 0 Å². The van der Waals surface area contributed by atoms with Crippen LogP contribution in [0.1, 0.15) is 39.3 Å². The van der Waals surface area contributed by atoms with E-state index in [9.17, 15) is 18.0 Å². The Morgan fingerprint density at radius 2 is 2.14 bits per heavy atom. The quantitative estimate of drug-likeness (QED) is 0.539. The molecule has 152 valence electrons. The summed E-state index contributed by atoms with van der Waals surface area (Å²) >= 11 is 7.44. The largest absolute Gasteiger partial charge is 0.410 e. The molecule has 1 amide bonds. The number of nitrogens with one attached hydrogen (secondary N) is 2. The third-order valence-corrected chi connectivity index (χ3v) is 6.28. The summed E-state index contributed by atoms with van der Waals surface area (Å²) in [5.74, 6) is -0.508. The van der Waals surface area contributed by atoms with E-state index < -0.39 is 24.2 Å². The molecule has 0 spiro atoms. The predicted octanol–water partition coefficient (Wildman–Crippen LogP) is 5.82. The molecule has 1 aromatic carbocycles. The van der Waals surface area contributed by atoms with Gasteiger partial charge in [-0.1, -0.05) is 23.7 Å². The van der Waals surface area contributed by atoms with Gasteiger partial charge in [0.05, 0.1) is 12.2 Å². The number of carbonyl (C=O) groups is 1. The lowest BCUT2D eigenvalue weighted by Gasteiger charge is -2.33. The van der Waals surface area contributed by atoms with E-state index in [4.69, 9.17) is 11.6 Å². The number of halogens is 4. The first-order chi connectivity index (χ1) is 13.8. The van der Waals surface area contributed by atoms with E-state index in [-0.39, 0.29) is 17.8 Å². The predicted molar refractivity (Wildman–Crippen MR) is 107 cm³/mol. The standard InChI is InChI=1S/C19H16ClF3N4OS/c1-10-12(20)4-2-5-13(10)26-18(28)11-9-24-27-16(19(21,22)23)8-14(25-17(11)27)15-6-3-7-29-15/h2-7,9,14,16,25H,8H2,1H3,(H,26,28)/t14-,16-/m1/s1. The van der Waals surface area contributed by atoms with Crippen LogP contribution in [-0.2, 0) is 0 Å². The third kappa shape index (κ3) is 3.72. The first-order valence-corrected chi connectivity index (χ1v) is 10.0. The summed E-state index contributed by atoms with van der Waals surface area (Å²) in [5, 5.41) is 11.9. The zero-order chi connectivity index (χ0) is 20.8. The molecule has 0 saturated heterocycles. The van der Waals surface area contributed by atoms with Crippen LogP contribution in [0.5, 0.6) is 0 Å². The highest BCUT2D eigenvalue weighted by molar-refractivity contribution is 7.10. The smallest absolute Gasteiger partial charge is 0.362 e. The maximum Gasteiger partial charge on any atom is 0.410 e. The Bertz CT molecular complexity index is 1050. The number of fused-ring (bicyclic) bond motifs is 1. The molecule has 1 aliphatic rings. The molecule has 0 radical (unpaired) electrons. The molecular formula is C19H16ClF3N4OS. The Balaban J connectivity index is 1.70. The van der Waals surface area contributed by atoms with Gasteiger partial charge >= 0.3 is 6.18 Å². The number of thiophene rings is 1. The molecule has 3 aromatic rings. The summed E-state index contributed by atoms with van der Waals surface area (Å²) in [6.45, 7) is 1.75. The minimum atomic E-state index is -4.49. The number of nitrogens with zero attached hydrogens (tertiary/aromatic N) is 2. The maximum absolute atomic E-state index is 13.7. The van der Waals surface area contributed by atoms with Crippen LogP contribution in [0.25, 0.3) is 0 Å². The molecule has 1 aliphatic heterocycles. The van der Waals surface area contributed by atoms with Crippen molar-refractivity contribution in [2.45, 2.75) is 31.6 Å². The molecule has 0 fully saturated rings. The second-order valence-electron chi connectivity index (χ2n) is 6.72. The zero-order valence-corrected chi connectivity index (χ0v) is 16.7. The van der Waals surface area contributed by atoms with E-state index in [0.29, 0.717) is 16.3 Å². The summed E-state index contributed by atoms with van der Waals surface area (Å²) in [6, 6.07) is 6.22. The van der Waals surface area contributed by atoms with E-state index >= 15 is 0 Å². The normalized spacial score (nSPS) is 18.8. The van der Waals surface area contributed by atoms with Gasteiger partial charge < -0.3 is 10.6 Å². The fraction of sp³-hybridized carbons (Fsp3) is 0.263. The number of aromatic nitrogens is 2. The van der Waals surface area contributed by atoms with E-state index in [0.717, 1.165) is 15.8 Å². The lowest BCUT2D eigenvalue weighted by atomic mass is 10.0. The van der Waals surface area contributed by atoms with Crippen molar-refractivity contribution in [3.05, 3.63) is 62.9 Å². The highest BCUT2D eigenvalue weighted by Gasteiger charge is 2.47. The topological polar surface area (TPSA) is 59.0 Å². The molecule has 2 N–H and O–H groups in total. The van der Waals surface area contributed by atoms with Gasteiger partial charge in [0.2, 0.25) is 0 Å². The number of benzene rings is 1. The highest BCUT2D eigenvalue weighted by Crippen LogP contribution is 2.45. The van der Waals surface area contributed by atoms with Gasteiger partial charge in [-0.15, -0.1) is 11.3 Å². The Labute approximate surface area is 173 Å². The molecule has 2 aromatic heterocycles. The van der Waals surface area contributed by atoms with Crippen LogP contribution in [-0.4, -0.2) is 21.9 Å². The Kier molecular flexibility index (Phi) is 5.04. The summed E-state index contributed by atoms with van der Waals surface area (Å²) in [4.78, 5) is 13.6. The molecule has 10 heteroatoms. The average molecular weight is 441 g/mol. The molecule has 29 heavy (non-hydrogen) atoms. The molecule has 2 atom stereocenters. The van der Waals surface area contributed by atoms with Crippen LogP contribution in [0.4, 0.5) is 24.7 Å². The number of alkyl halides is 3. The molecule has 0 unspecified atom stereocenters. The van der Waals surface area contributed by atoms with Gasteiger partial charge in [-0.3, -0.25) is 4.79 Å². The third-order valence-electron chi connectivity index (χ3n) is 4.89. The Morgan fingerprint density at radius 1 is 1.34 bits per heavy atom. The minimum absolute atomic E-state index is 0.0416. The van der Waals surface area contributed by atoms with Crippen molar-refractivity contribution in [1.29, 1.82) is 0 Å². The first-order valence-electron chi connectivity index (χ1n) is 8.76. The molecule has 0 aliphatic carbocycles. The van der Waals surface area contributed by atoms with Crippen molar-refractivity contribution in [1.82, 2.24) is 9.78 Å². The van der Waals surface area contributed by atoms with Gasteiger partial charge in [0.15, 0.2) is 6.04 Å². The first kappa shape index (κ1) is 19.8. The maximum atomic E-state index is 13.7. The summed E-state index contributed by atoms with van der Waals surface area (Å²) in [7, 11) is 0. The van der Waals surface area contributed by atoms with Crippen LogP contribution in [0.2, 0.25) is 5.02 Å². The lowest BCUT2D eigenvalue weighted by molar-refractivity contribution is -0.173. The van der Waals surface area contributed by atoms with Gasteiger partial charge in [0, 0.05) is 22.0 Å². The average Bonchev–Trinajstić information content (AvgIpc) is 3.33. The van der Waals surface area contributed by atoms with Crippen LogP contribution in [0, 0.1) is 6.92 Å². The van der Waals surface area contributed by atoms with Gasteiger partial charge in [-0.2, -0.15) is 18.3 Å². The highest BCUT2D eigenvalue weighted by atomic mass is 35.5. The number of hydrogen-bond donors (Lipinski definition) is 2. The van der Waals surface area contributed by atoms with Crippen LogP contribution in [0.3, 0.4) is 0 Å². The number of carbonyl (C=O) groups excluding carboxylic acids is 1. The second kappa shape index (κ2) is 7.38. The number of anilines is 2. The van der Waals surface area contributed by atoms with Gasteiger partial charge in [0.1, 0.15) is 11.4 Å². The van der Waals surface area contributed by atoms with Crippen molar-refractivity contribution in [3.8, 4) is 0 Å². The number of rotatable bonds is 3. The zero-order valence-electron chi connectivity index (χ0n) is 15.1. The number of hydrogen-bond acceptors (Lipinski definition) is 4. The summed E-state index contributed by atoms with van der Waals surface area (Å²) < 4.78 is 41.9. The number of amides is 1. The van der Waals surface area contributed by atoms with Gasteiger partial charge in [0.25, 0.3) is 5.91 Å². The van der Waals surface area contributed by atoms with Gasteiger partial charge in [-0.25, -0.2) is 4.68 Å². The van der Waals surface area contributed by atoms with E-state index in [1.165, 1.54) is 11.3 Å². The summed E-state index contributed by atoms with van der Waals surface area (Å²) in [6.07, 6.45) is -3.53. The van der Waals surface area contributed by atoms with Crippen molar-refractivity contribution in [3.63, 3.8) is 0 Å². The van der Waals surface area contributed by atoms with Crippen LogP contribution >= 0.6 is 22.9 Å². The monoisotopic (exact) mass is 440 g/mol. The van der Waals surface area contributed by atoms with E-state index in [1.54, 1.807) is 42.6 Å². The van der Waals surface area contributed by atoms with Crippen LogP contribution in [0.15, 0.2) is 41.9 Å². The van der Waals surface area contributed by atoms with Gasteiger partial charge in [-0.05, 0) is 36.1 Å². The van der Waals surface area contributed by atoms with Crippen molar-refractivity contribution in [2.75, 3.05) is 10.6 Å². The molecule has 0 saturated carbocycles. The van der Waals surface area contributed by atoms with Crippen molar-refractivity contribution < 1.29 is 18.0 Å². The van der Waals surface area contributed by atoms with Crippen molar-refractivity contribution >= 4 is 40.4 Å². The molecular weight excluding hydrogens is 425 g/mol. The second-order valence-corrected chi connectivity index (χ2v) is 8.11. The summed E-state index contributed by atoms with van der Waals surface area (Å²) in [5.41, 5.74) is 1.20. The fourth-order valence-corrected chi connectivity index (χ4v) is 4.30. The lowest BCUT2D eigenvalue weighted by Crippen LogP contribution is -2.36. The van der Waals surface area contributed by atoms with E-state index in [2.05, 4.69) is 15.7 Å². The molecule has 4 rings (SSSR count).